The van der Waals surface area contributed by atoms with Gasteiger partial charge in [0.15, 0.2) is 11.6 Å². The van der Waals surface area contributed by atoms with Crippen LogP contribution in [0.1, 0.15) is 70.8 Å². The van der Waals surface area contributed by atoms with Crippen molar-refractivity contribution in [3.8, 4) is 5.75 Å². The van der Waals surface area contributed by atoms with Crippen LogP contribution in [0, 0.1) is 17.7 Å². The first-order chi connectivity index (χ1) is 15.1. The lowest BCUT2D eigenvalue weighted by molar-refractivity contribution is -0.136. The molecule has 0 unspecified atom stereocenters. The highest BCUT2D eigenvalue weighted by Gasteiger charge is 2.29. The number of halogens is 1. The summed E-state index contributed by atoms with van der Waals surface area (Å²) in [5, 5.41) is 2.34. The SMILES string of the molecule is CC(C)(NS(=O)(=O)CCCCC[C@H]1CCC(=O)NC1=O)c1ccc(F)c(OCC2CC2)c1. The Hall–Kier alpha value is -2.00. The first-order valence-electron chi connectivity index (χ1n) is 11.3. The number of hydrogen-bond donors (Lipinski definition) is 2. The van der Waals surface area contributed by atoms with E-state index in [4.69, 9.17) is 4.74 Å². The molecule has 1 saturated carbocycles. The first kappa shape index (κ1) is 24.6. The second kappa shape index (κ2) is 10.3. The molecular weight excluding hydrogens is 435 g/mol. The van der Waals surface area contributed by atoms with Gasteiger partial charge in [0.2, 0.25) is 21.8 Å². The predicted octanol–water partition coefficient (Wildman–Crippen LogP) is 3.38. The average molecular weight is 469 g/mol. The van der Waals surface area contributed by atoms with Crippen LogP contribution in [0.5, 0.6) is 5.75 Å². The van der Waals surface area contributed by atoms with Gasteiger partial charge in [-0.15, -0.1) is 0 Å². The van der Waals surface area contributed by atoms with Crippen molar-refractivity contribution in [3.05, 3.63) is 29.6 Å². The fourth-order valence-electron chi connectivity index (χ4n) is 3.87. The van der Waals surface area contributed by atoms with E-state index >= 15 is 0 Å². The summed E-state index contributed by atoms with van der Waals surface area (Å²) < 4.78 is 47.6. The van der Waals surface area contributed by atoms with Gasteiger partial charge in [0.25, 0.3) is 0 Å². The second-order valence-electron chi connectivity index (χ2n) is 9.44. The molecule has 0 spiro atoms. The Morgan fingerprint density at radius 3 is 2.59 bits per heavy atom. The summed E-state index contributed by atoms with van der Waals surface area (Å²) in [5.41, 5.74) is -0.289. The lowest BCUT2D eigenvalue weighted by Crippen LogP contribution is -2.42. The number of carbonyl (C=O) groups is 2. The van der Waals surface area contributed by atoms with Crippen molar-refractivity contribution in [1.29, 1.82) is 0 Å². The first-order valence-corrected chi connectivity index (χ1v) is 13.0. The summed E-state index contributed by atoms with van der Waals surface area (Å²) in [6, 6.07) is 4.45. The maximum Gasteiger partial charge on any atom is 0.229 e. The summed E-state index contributed by atoms with van der Waals surface area (Å²) in [6.45, 7) is 3.96. The largest absolute Gasteiger partial charge is 0.490 e. The standard InChI is InChI=1S/C23H33FN2O5S/c1-23(2,18-10-11-19(24)20(14-18)31-15-16-7-8-16)26-32(29,30)13-5-3-4-6-17-9-12-21(27)25-22(17)28/h10-11,14,16-17,26H,3-9,12-13,15H2,1-2H3,(H,25,27,28)/t17-/m0/s1. The van der Waals surface area contributed by atoms with Crippen LogP contribution in [0.2, 0.25) is 0 Å². The van der Waals surface area contributed by atoms with Crippen LogP contribution in [0.4, 0.5) is 4.39 Å². The summed E-state index contributed by atoms with van der Waals surface area (Å²) >= 11 is 0. The van der Waals surface area contributed by atoms with Crippen molar-refractivity contribution in [2.24, 2.45) is 11.8 Å². The fraction of sp³-hybridized carbons (Fsp3) is 0.652. The number of imide groups is 1. The zero-order valence-electron chi connectivity index (χ0n) is 18.8. The second-order valence-corrected chi connectivity index (χ2v) is 11.3. The van der Waals surface area contributed by atoms with Crippen LogP contribution in [0.15, 0.2) is 18.2 Å². The molecule has 1 heterocycles. The van der Waals surface area contributed by atoms with E-state index in [1.165, 1.54) is 6.07 Å². The minimum absolute atomic E-state index is 0.0298. The Labute approximate surface area is 189 Å². The quantitative estimate of drug-likeness (QED) is 0.362. The maximum absolute atomic E-state index is 14.1. The van der Waals surface area contributed by atoms with Crippen molar-refractivity contribution in [2.45, 2.75) is 70.8 Å². The van der Waals surface area contributed by atoms with E-state index in [-0.39, 0.29) is 29.2 Å². The van der Waals surface area contributed by atoms with Crippen molar-refractivity contribution in [2.75, 3.05) is 12.4 Å². The van der Waals surface area contributed by atoms with Gasteiger partial charge in [-0.25, -0.2) is 17.5 Å². The zero-order chi connectivity index (χ0) is 23.4. The van der Waals surface area contributed by atoms with Gasteiger partial charge in [0.1, 0.15) is 0 Å². The van der Waals surface area contributed by atoms with Crippen LogP contribution in [0.3, 0.4) is 0 Å². The van der Waals surface area contributed by atoms with Crippen molar-refractivity contribution in [1.82, 2.24) is 10.0 Å². The Kier molecular flexibility index (Phi) is 7.92. The molecule has 0 radical (unpaired) electrons. The number of sulfonamides is 1. The molecule has 32 heavy (non-hydrogen) atoms. The molecule has 1 aromatic carbocycles. The van der Waals surface area contributed by atoms with Crippen LogP contribution in [0.25, 0.3) is 0 Å². The van der Waals surface area contributed by atoms with Crippen molar-refractivity contribution < 1.29 is 27.1 Å². The van der Waals surface area contributed by atoms with E-state index in [1.807, 2.05) is 0 Å². The van der Waals surface area contributed by atoms with Crippen molar-refractivity contribution >= 4 is 21.8 Å². The Morgan fingerprint density at radius 2 is 1.91 bits per heavy atom. The number of carbonyl (C=O) groups excluding carboxylic acids is 2. The fourth-order valence-corrected chi connectivity index (χ4v) is 5.45. The minimum Gasteiger partial charge on any atom is -0.490 e. The average Bonchev–Trinajstić information content (AvgIpc) is 3.52. The van der Waals surface area contributed by atoms with E-state index in [2.05, 4.69) is 10.0 Å². The van der Waals surface area contributed by atoms with Gasteiger partial charge in [-0.05, 0) is 69.6 Å². The Bertz CT molecular complexity index is 944. The molecule has 1 atom stereocenters. The molecule has 1 aliphatic heterocycles. The lowest BCUT2D eigenvalue weighted by Gasteiger charge is -2.27. The summed E-state index contributed by atoms with van der Waals surface area (Å²) in [4.78, 5) is 23.0. The molecule has 9 heteroatoms. The van der Waals surface area contributed by atoms with Gasteiger partial charge in [-0.2, -0.15) is 0 Å². The van der Waals surface area contributed by atoms with E-state index in [0.29, 0.717) is 50.2 Å². The molecule has 0 aromatic heterocycles. The number of piperidine rings is 1. The van der Waals surface area contributed by atoms with Gasteiger partial charge < -0.3 is 4.74 Å². The normalized spacial score (nSPS) is 19.7. The van der Waals surface area contributed by atoms with Gasteiger partial charge in [-0.1, -0.05) is 18.9 Å². The molecular formula is C23H33FN2O5S. The molecule has 2 aliphatic rings. The molecule has 1 aliphatic carbocycles. The predicted molar refractivity (Wildman–Crippen MR) is 119 cm³/mol. The number of rotatable bonds is 12. The third-order valence-electron chi connectivity index (χ3n) is 6.05. The van der Waals surface area contributed by atoms with Gasteiger partial charge >= 0.3 is 0 Å². The summed E-state index contributed by atoms with van der Waals surface area (Å²) in [5.74, 6) is -0.473. The molecule has 178 valence electrons. The third kappa shape index (κ3) is 7.27. The highest BCUT2D eigenvalue weighted by atomic mass is 32.2. The molecule has 2 N–H and O–H groups in total. The Balaban J connectivity index is 1.46. The number of amides is 2. The van der Waals surface area contributed by atoms with Crippen LogP contribution in [-0.4, -0.2) is 32.6 Å². The number of hydrogen-bond acceptors (Lipinski definition) is 5. The van der Waals surface area contributed by atoms with Gasteiger partial charge in [0, 0.05) is 12.3 Å². The number of ether oxygens (including phenoxy) is 1. The van der Waals surface area contributed by atoms with Gasteiger partial charge in [0.05, 0.1) is 17.9 Å². The minimum atomic E-state index is -3.56. The Morgan fingerprint density at radius 1 is 1.16 bits per heavy atom. The van der Waals surface area contributed by atoms with Crippen LogP contribution < -0.4 is 14.8 Å². The maximum atomic E-state index is 14.1. The molecule has 2 amide bonds. The molecule has 1 aromatic rings. The number of benzene rings is 1. The molecule has 1 saturated heterocycles. The van der Waals surface area contributed by atoms with E-state index in [0.717, 1.165) is 19.3 Å². The number of nitrogens with one attached hydrogen (secondary N) is 2. The smallest absolute Gasteiger partial charge is 0.229 e. The number of unbranched alkanes of at least 4 members (excludes halogenated alkanes) is 2. The molecule has 0 bridgehead atoms. The van der Waals surface area contributed by atoms with Crippen molar-refractivity contribution in [3.63, 3.8) is 0 Å². The zero-order valence-corrected chi connectivity index (χ0v) is 19.6. The van der Waals surface area contributed by atoms with Crippen LogP contribution in [-0.2, 0) is 25.2 Å². The van der Waals surface area contributed by atoms with Crippen LogP contribution >= 0.6 is 0 Å². The monoisotopic (exact) mass is 468 g/mol. The third-order valence-corrected chi connectivity index (χ3v) is 7.70. The van der Waals surface area contributed by atoms with Gasteiger partial charge in [-0.3, -0.25) is 14.9 Å². The van der Waals surface area contributed by atoms with E-state index in [1.54, 1.807) is 26.0 Å². The topological polar surface area (TPSA) is 102 Å². The van der Waals surface area contributed by atoms with E-state index < -0.39 is 21.4 Å². The molecule has 7 nitrogen and oxygen atoms in total. The van der Waals surface area contributed by atoms with E-state index in [9.17, 15) is 22.4 Å². The lowest BCUT2D eigenvalue weighted by atomic mass is 9.92. The molecule has 3 rings (SSSR count). The highest BCUT2D eigenvalue weighted by Crippen LogP contribution is 2.32. The highest BCUT2D eigenvalue weighted by molar-refractivity contribution is 7.89. The summed E-state index contributed by atoms with van der Waals surface area (Å²) in [7, 11) is -3.56. The summed E-state index contributed by atoms with van der Waals surface area (Å²) in [6.07, 6.45) is 5.64. The molecule has 2 fully saturated rings.